The zero-order chi connectivity index (χ0) is 9.84. The SMILES string of the molecule is C/C=C(/C)N=CC(=N)C(=O)N1CC1. The maximum atomic E-state index is 11.2. The second-order valence-electron chi connectivity index (χ2n) is 2.89. The molecular formula is C9H13N3O. The molecule has 1 N–H and O–H groups in total. The van der Waals surface area contributed by atoms with Gasteiger partial charge in [0.05, 0.1) is 6.21 Å². The smallest absolute Gasteiger partial charge is 0.273 e. The summed E-state index contributed by atoms with van der Waals surface area (Å²) in [7, 11) is 0. The molecule has 1 aliphatic rings. The molecule has 4 nitrogen and oxygen atoms in total. The highest BCUT2D eigenvalue weighted by molar-refractivity contribution is 6.59. The molecule has 1 fully saturated rings. The van der Waals surface area contributed by atoms with E-state index >= 15 is 0 Å². The van der Waals surface area contributed by atoms with Crippen LogP contribution >= 0.6 is 0 Å². The molecule has 0 radical (unpaired) electrons. The van der Waals surface area contributed by atoms with Crippen LogP contribution in [0.15, 0.2) is 16.8 Å². The van der Waals surface area contributed by atoms with Crippen molar-refractivity contribution in [1.82, 2.24) is 4.90 Å². The van der Waals surface area contributed by atoms with Crippen molar-refractivity contribution in [3.8, 4) is 0 Å². The number of hydrogen-bond donors (Lipinski definition) is 1. The van der Waals surface area contributed by atoms with Crippen molar-refractivity contribution in [2.75, 3.05) is 13.1 Å². The van der Waals surface area contributed by atoms with Crippen LogP contribution < -0.4 is 0 Å². The minimum Gasteiger partial charge on any atom is -0.334 e. The molecular weight excluding hydrogens is 166 g/mol. The Bertz CT molecular complexity index is 287. The third-order valence-corrected chi connectivity index (χ3v) is 1.78. The summed E-state index contributed by atoms with van der Waals surface area (Å²) in [6, 6.07) is 0. The highest BCUT2D eigenvalue weighted by atomic mass is 16.2. The number of carbonyl (C=O) groups is 1. The highest BCUT2D eigenvalue weighted by Crippen LogP contribution is 2.03. The Kier molecular flexibility index (Phi) is 2.95. The number of nitrogens with zero attached hydrogens (tertiary/aromatic N) is 2. The Labute approximate surface area is 77.5 Å². The number of nitrogens with one attached hydrogen (secondary N) is 1. The molecule has 0 aromatic rings. The van der Waals surface area contributed by atoms with Crippen molar-refractivity contribution in [3.05, 3.63) is 11.8 Å². The molecule has 1 amide bonds. The van der Waals surface area contributed by atoms with Crippen LogP contribution in [0.2, 0.25) is 0 Å². The zero-order valence-corrected chi connectivity index (χ0v) is 7.87. The zero-order valence-electron chi connectivity index (χ0n) is 7.87. The van der Waals surface area contributed by atoms with E-state index in [1.54, 1.807) is 4.90 Å². The molecule has 4 heteroatoms. The molecule has 0 saturated carbocycles. The average Bonchev–Trinajstić information content (AvgIpc) is 2.95. The Morgan fingerprint density at radius 3 is 2.62 bits per heavy atom. The van der Waals surface area contributed by atoms with Gasteiger partial charge >= 0.3 is 0 Å². The van der Waals surface area contributed by atoms with Gasteiger partial charge in [0.25, 0.3) is 5.91 Å². The number of hydrogen-bond acceptors (Lipinski definition) is 3. The van der Waals surface area contributed by atoms with Crippen LogP contribution in [0.1, 0.15) is 13.8 Å². The van der Waals surface area contributed by atoms with E-state index in [4.69, 9.17) is 5.41 Å². The summed E-state index contributed by atoms with van der Waals surface area (Å²) in [5, 5.41) is 7.37. The van der Waals surface area contributed by atoms with Crippen molar-refractivity contribution >= 4 is 17.8 Å². The fraction of sp³-hybridized carbons (Fsp3) is 0.444. The fourth-order valence-electron chi connectivity index (χ4n) is 0.720. The summed E-state index contributed by atoms with van der Waals surface area (Å²) in [4.78, 5) is 16.7. The lowest BCUT2D eigenvalue weighted by Gasteiger charge is -1.97. The Balaban J connectivity index is 2.48. The van der Waals surface area contributed by atoms with Gasteiger partial charge in [-0.25, -0.2) is 0 Å². The van der Waals surface area contributed by atoms with Crippen LogP contribution in [0.5, 0.6) is 0 Å². The third kappa shape index (κ3) is 2.82. The van der Waals surface area contributed by atoms with E-state index in [0.29, 0.717) is 0 Å². The maximum absolute atomic E-state index is 11.2. The van der Waals surface area contributed by atoms with Crippen LogP contribution in [0.3, 0.4) is 0 Å². The molecule has 1 saturated heterocycles. The van der Waals surface area contributed by atoms with E-state index in [2.05, 4.69) is 4.99 Å². The van der Waals surface area contributed by atoms with Gasteiger partial charge in [-0.1, -0.05) is 6.08 Å². The van der Waals surface area contributed by atoms with Crippen molar-refractivity contribution in [1.29, 1.82) is 5.41 Å². The molecule has 0 spiro atoms. The van der Waals surface area contributed by atoms with E-state index in [0.717, 1.165) is 18.8 Å². The largest absolute Gasteiger partial charge is 0.334 e. The van der Waals surface area contributed by atoms with Gasteiger partial charge in [-0.15, -0.1) is 0 Å². The average molecular weight is 179 g/mol. The third-order valence-electron chi connectivity index (χ3n) is 1.78. The number of aliphatic imine (C=N–C) groups is 1. The topological polar surface area (TPSA) is 56.3 Å². The Morgan fingerprint density at radius 2 is 2.15 bits per heavy atom. The van der Waals surface area contributed by atoms with E-state index in [9.17, 15) is 4.79 Å². The van der Waals surface area contributed by atoms with E-state index in [-0.39, 0.29) is 11.6 Å². The number of carbonyl (C=O) groups excluding carboxylic acids is 1. The molecule has 70 valence electrons. The summed E-state index contributed by atoms with van der Waals surface area (Å²) in [5.74, 6) is -0.229. The first-order chi connectivity index (χ1) is 6.15. The molecule has 13 heavy (non-hydrogen) atoms. The molecule has 1 rings (SSSR count). The fourth-order valence-corrected chi connectivity index (χ4v) is 0.720. The Morgan fingerprint density at radius 1 is 1.54 bits per heavy atom. The van der Waals surface area contributed by atoms with Crippen LogP contribution in [0.25, 0.3) is 0 Å². The number of amides is 1. The van der Waals surface area contributed by atoms with E-state index < -0.39 is 0 Å². The predicted octanol–water partition coefficient (Wildman–Crippen LogP) is 0.843. The first-order valence-electron chi connectivity index (χ1n) is 4.20. The highest BCUT2D eigenvalue weighted by Gasteiger charge is 2.26. The monoisotopic (exact) mass is 179 g/mol. The van der Waals surface area contributed by atoms with Gasteiger partial charge in [0.15, 0.2) is 0 Å². The van der Waals surface area contributed by atoms with Crippen LogP contribution in [0, 0.1) is 5.41 Å². The summed E-state index contributed by atoms with van der Waals surface area (Å²) >= 11 is 0. The van der Waals surface area contributed by atoms with Crippen molar-refractivity contribution in [2.24, 2.45) is 4.99 Å². The number of rotatable bonds is 3. The van der Waals surface area contributed by atoms with Gasteiger partial charge in [0.1, 0.15) is 5.71 Å². The van der Waals surface area contributed by atoms with Crippen molar-refractivity contribution in [2.45, 2.75) is 13.8 Å². The summed E-state index contributed by atoms with van der Waals surface area (Å²) < 4.78 is 0. The van der Waals surface area contributed by atoms with Crippen molar-refractivity contribution < 1.29 is 4.79 Å². The van der Waals surface area contributed by atoms with E-state index in [1.165, 1.54) is 6.21 Å². The molecule has 0 unspecified atom stereocenters. The first kappa shape index (κ1) is 9.64. The minimum absolute atomic E-state index is 0.0429. The van der Waals surface area contributed by atoms with Crippen LogP contribution in [-0.2, 0) is 4.79 Å². The van der Waals surface area contributed by atoms with Crippen LogP contribution in [-0.4, -0.2) is 35.8 Å². The minimum atomic E-state index is -0.229. The van der Waals surface area contributed by atoms with Gasteiger partial charge in [0, 0.05) is 18.8 Å². The summed E-state index contributed by atoms with van der Waals surface area (Å²) in [6.45, 7) is 5.24. The standard InChI is InChI=1S/C9H13N3O/c1-3-7(2)11-6-8(10)9(13)12-4-5-12/h3,6,10H,4-5H2,1-2H3/b7-3-,10-8?,11-6?. The molecule has 0 aromatic carbocycles. The summed E-state index contributed by atoms with van der Waals surface area (Å²) in [5.41, 5.74) is 0.766. The quantitative estimate of drug-likeness (QED) is 0.506. The van der Waals surface area contributed by atoms with Gasteiger partial charge < -0.3 is 4.90 Å². The molecule has 0 atom stereocenters. The normalized spacial score (nSPS) is 16.5. The lowest BCUT2D eigenvalue weighted by Crippen LogP contribution is -2.22. The van der Waals surface area contributed by atoms with Crippen LogP contribution in [0.4, 0.5) is 0 Å². The molecule has 1 aliphatic heterocycles. The second-order valence-corrected chi connectivity index (χ2v) is 2.89. The lowest BCUT2D eigenvalue weighted by molar-refractivity contribution is -0.118. The van der Waals surface area contributed by atoms with Gasteiger partial charge in [-0.3, -0.25) is 15.2 Å². The number of allylic oxidation sites excluding steroid dienone is 2. The molecule has 0 aliphatic carbocycles. The lowest BCUT2D eigenvalue weighted by atomic mass is 10.4. The molecule has 0 aromatic heterocycles. The van der Waals surface area contributed by atoms with Gasteiger partial charge in [0.2, 0.25) is 0 Å². The summed E-state index contributed by atoms with van der Waals surface area (Å²) in [6.07, 6.45) is 3.13. The van der Waals surface area contributed by atoms with Gasteiger partial charge in [-0.2, -0.15) is 0 Å². The molecule has 0 bridgehead atoms. The first-order valence-corrected chi connectivity index (χ1v) is 4.20. The predicted molar refractivity (Wildman–Crippen MR) is 52.2 cm³/mol. The second kappa shape index (κ2) is 3.98. The molecule has 1 heterocycles. The van der Waals surface area contributed by atoms with Gasteiger partial charge in [-0.05, 0) is 13.8 Å². The Hall–Kier alpha value is -1.45. The van der Waals surface area contributed by atoms with Crippen molar-refractivity contribution in [3.63, 3.8) is 0 Å². The van der Waals surface area contributed by atoms with E-state index in [1.807, 2.05) is 19.9 Å². The maximum Gasteiger partial charge on any atom is 0.273 e.